The molecular formula is C18H15N3O3. The lowest BCUT2D eigenvalue weighted by molar-refractivity contribution is -0.116. The van der Waals surface area contributed by atoms with Crippen molar-refractivity contribution in [3.63, 3.8) is 0 Å². The van der Waals surface area contributed by atoms with Gasteiger partial charge in [-0.25, -0.2) is 4.79 Å². The van der Waals surface area contributed by atoms with Crippen LogP contribution in [0.2, 0.25) is 0 Å². The zero-order valence-electron chi connectivity index (χ0n) is 13.1. The molecule has 0 atom stereocenters. The minimum Gasteiger partial charge on any atom is -0.408 e. The maximum Gasteiger partial charge on any atom is 0.419 e. The van der Waals surface area contributed by atoms with E-state index < -0.39 is 5.76 Å². The summed E-state index contributed by atoms with van der Waals surface area (Å²) in [5.41, 5.74) is 3.29. The highest BCUT2D eigenvalue weighted by atomic mass is 16.4. The average Bonchev–Trinajstić information content (AvgIpc) is 2.87. The molecule has 0 saturated carbocycles. The van der Waals surface area contributed by atoms with Crippen molar-refractivity contribution in [3.05, 3.63) is 64.1 Å². The number of amides is 1. The lowest BCUT2D eigenvalue weighted by Crippen LogP contribution is -2.12. The number of nitriles is 1. The summed E-state index contributed by atoms with van der Waals surface area (Å²) in [5.74, 6) is -0.538. The molecule has 1 N–H and O–H groups in total. The van der Waals surface area contributed by atoms with Crippen LogP contribution in [-0.2, 0) is 18.3 Å². The Bertz CT molecular complexity index is 1010. The molecule has 6 heteroatoms. The summed E-state index contributed by atoms with van der Waals surface area (Å²) < 4.78 is 6.52. The third-order valence-electron chi connectivity index (χ3n) is 3.77. The Morgan fingerprint density at radius 2 is 2.12 bits per heavy atom. The third kappa shape index (κ3) is 3.20. The Kier molecular flexibility index (Phi) is 4.17. The van der Waals surface area contributed by atoms with Crippen LogP contribution >= 0.6 is 0 Å². The van der Waals surface area contributed by atoms with Gasteiger partial charge in [0.2, 0.25) is 5.91 Å². The first kappa shape index (κ1) is 15.6. The number of nitrogens with one attached hydrogen (secondary N) is 1. The van der Waals surface area contributed by atoms with Crippen LogP contribution in [0.3, 0.4) is 0 Å². The molecular weight excluding hydrogens is 306 g/mol. The number of carbonyl (C=O) groups excluding carboxylic acids is 1. The molecule has 1 aromatic heterocycles. The summed E-state index contributed by atoms with van der Waals surface area (Å²) in [6.45, 7) is 0. The first-order valence-corrected chi connectivity index (χ1v) is 7.45. The highest BCUT2D eigenvalue weighted by Crippen LogP contribution is 2.16. The molecule has 0 aliphatic heterocycles. The molecule has 0 radical (unpaired) electrons. The quantitative estimate of drug-likeness (QED) is 0.800. The van der Waals surface area contributed by atoms with E-state index in [4.69, 9.17) is 9.68 Å². The number of oxazole rings is 1. The van der Waals surface area contributed by atoms with Gasteiger partial charge in [0.25, 0.3) is 0 Å². The minimum atomic E-state index is -0.405. The number of carbonyl (C=O) groups is 1. The fourth-order valence-corrected chi connectivity index (χ4v) is 2.48. The van der Waals surface area contributed by atoms with E-state index in [-0.39, 0.29) is 5.91 Å². The van der Waals surface area contributed by atoms with Crippen LogP contribution in [-0.4, -0.2) is 10.5 Å². The zero-order chi connectivity index (χ0) is 17.1. The Morgan fingerprint density at radius 1 is 1.29 bits per heavy atom. The van der Waals surface area contributed by atoms with Crippen LogP contribution in [0.5, 0.6) is 0 Å². The van der Waals surface area contributed by atoms with Crippen molar-refractivity contribution >= 4 is 22.7 Å². The summed E-state index contributed by atoms with van der Waals surface area (Å²) in [6.07, 6.45) is 0.840. The predicted molar refractivity (Wildman–Crippen MR) is 89.6 cm³/mol. The highest BCUT2D eigenvalue weighted by Gasteiger charge is 2.08. The predicted octanol–water partition coefficient (Wildman–Crippen LogP) is 2.57. The standard InChI is InChI=1S/C18H15N3O3/c1-21-15-10-12(5-7-16(15)24-18(21)23)6-8-17(22)20-14-4-2-3-13(9-14)11-19/h2-5,7,9-10H,6,8H2,1H3,(H,20,22). The van der Waals surface area contributed by atoms with Gasteiger partial charge in [-0.1, -0.05) is 12.1 Å². The number of hydrogen-bond donors (Lipinski definition) is 1. The van der Waals surface area contributed by atoms with Gasteiger partial charge in [-0.3, -0.25) is 9.36 Å². The molecule has 0 unspecified atom stereocenters. The molecule has 120 valence electrons. The molecule has 1 heterocycles. The Morgan fingerprint density at radius 3 is 2.92 bits per heavy atom. The fraction of sp³-hybridized carbons (Fsp3) is 0.167. The number of hydrogen-bond acceptors (Lipinski definition) is 4. The molecule has 24 heavy (non-hydrogen) atoms. The first-order valence-electron chi connectivity index (χ1n) is 7.45. The van der Waals surface area contributed by atoms with E-state index >= 15 is 0 Å². The van der Waals surface area contributed by atoms with Gasteiger partial charge in [-0.15, -0.1) is 0 Å². The Hall–Kier alpha value is -3.33. The molecule has 1 amide bonds. The monoisotopic (exact) mass is 321 g/mol. The number of anilines is 1. The maximum atomic E-state index is 12.1. The molecule has 6 nitrogen and oxygen atoms in total. The SMILES string of the molecule is Cn1c(=O)oc2ccc(CCC(=O)Nc3cccc(C#N)c3)cc21. The van der Waals surface area contributed by atoms with Crippen LogP contribution in [0.4, 0.5) is 5.69 Å². The summed E-state index contributed by atoms with van der Waals surface area (Å²) in [7, 11) is 1.65. The van der Waals surface area contributed by atoms with Crippen molar-refractivity contribution in [2.24, 2.45) is 7.05 Å². The molecule has 0 spiro atoms. The van der Waals surface area contributed by atoms with E-state index in [1.54, 1.807) is 37.4 Å². The fourth-order valence-electron chi connectivity index (χ4n) is 2.48. The van der Waals surface area contributed by atoms with Crippen LogP contribution in [0.15, 0.2) is 51.7 Å². The van der Waals surface area contributed by atoms with Gasteiger partial charge in [0.05, 0.1) is 17.1 Å². The summed E-state index contributed by atoms with van der Waals surface area (Å²) in [6, 6.07) is 14.2. The van der Waals surface area contributed by atoms with Crippen LogP contribution in [0, 0.1) is 11.3 Å². The molecule has 0 fully saturated rings. The van der Waals surface area contributed by atoms with Gasteiger partial charge in [0.1, 0.15) is 0 Å². The molecule has 0 saturated heterocycles. The normalized spacial score (nSPS) is 10.5. The van der Waals surface area contributed by atoms with Gasteiger partial charge >= 0.3 is 5.76 Å². The Labute approximate surface area is 137 Å². The first-order chi connectivity index (χ1) is 11.6. The van der Waals surface area contributed by atoms with Gasteiger partial charge in [-0.05, 0) is 42.3 Å². The van der Waals surface area contributed by atoms with Gasteiger partial charge < -0.3 is 9.73 Å². The highest BCUT2D eigenvalue weighted by molar-refractivity contribution is 5.91. The topological polar surface area (TPSA) is 88.0 Å². The van der Waals surface area contributed by atoms with Crippen molar-refractivity contribution in [2.45, 2.75) is 12.8 Å². The number of rotatable bonds is 4. The molecule has 3 aromatic rings. The second-order valence-electron chi connectivity index (χ2n) is 5.47. The number of fused-ring (bicyclic) bond motifs is 1. The average molecular weight is 321 g/mol. The van der Waals surface area contributed by atoms with Crippen molar-refractivity contribution in [1.29, 1.82) is 5.26 Å². The minimum absolute atomic E-state index is 0.133. The van der Waals surface area contributed by atoms with Gasteiger partial charge in [0, 0.05) is 19.2 Å². The third-order valence-corrected chi connectivity index (χ3v) is 3.77. The summed E-state index contributed by atoms with van der Waals surface area (Å²) >= 11 is 0. The van der Waals surface area contributed by atoms with Crippen molar-refractivity contribution in [2.75, 3.05) is 5.32 Å². The van der Waals surface area contributed by atoms with Gasteiger partial charge in [-0.2, -0.15) is 5.26 Å². The van der Waals surface area contributed by atoms with E-state index in [2.05, 4.69) is 5.32 Å². The van der Waals surface area contributed by atoms with Crippen LogP contribution in [0.25, 0.3) is 11.1 Å². The number of aryl methyl sites for hydroxylation is 2. The lowest BCUT2D eigenvalue weighted by Gasteiger charge is -2.06. The summed E-state index contributed by atoms with van der Waals surface area (Å²) in [4.78, 5) is 23.5. The maximum absolute atomic E-state index is 12.1. The van der Waals surface area contributed by atoms with E-state index in [9.17, 15) is 9.59 Å². The lowest BCUT2D eigenvalue weighted by atomic mass is 10.1. The van der Waals surface area contributed by atoms with E-state index in [1.165, 1.54) is 4.57 Å². The molecule has 2 aromatic carbocycles. The number of nitrogens with zero attached hydrogens (tertiary/aromatic N) is 2. The van der Waals surface area contributed by atoms with E-state index in [0.717, 1.165) is 5.56 Å². The summed E-state index contributed by atoms with van der Waals surface area (Å²) in [5, 5.41) is 11.6. The number of benzene rings is 2. The van der Waals surface area contributed by atoms with Crippen molar-refractivity contribution in [1.82, 2.24) is 4.57 Å². The van der Waals surface area contributed by atoms with Gasteiger partial charge in [0.15, 0.2) is 5.58 Å². The van der Waals surface area contributed by atoms with Crippen molar-refractivity contribution in [3.8, 4) is 6.07 Å². The largest absolute Gasteiger partial charge is 0.419 e. The van der Waals surface area contributed by atoms with Crippen LogP contribution in [0.1, 0.15) is 17.5 Å². The van der Waals surface area contributed by atoms with E-state index in [0.29, 0.717) is 35.2 Å². The molecule has 0 aliphatic rings. The smallest absolute Gasteiger partial charge is 0.408 e. The second-order valence-corrected chi connectivity index (χ2v) is 5.47. The molecule has 0 bridgehead atoms. The number of aromatic nitrogens is 1. The van der Waals surface area contributed by atoms with Crippen molar-refractivity contribution < 1.29 is 9.21 Å². The van der Waals surface area contributed by atoms with E-state index in [1.807, 2.05) is 18.2 Å². The van der Waals surface area contributed by atoms with Crippen LogP contribution < -0.4 is 11.1 Å². The Balaban J connectivity index is 1.66. The molecule has 0 aliphatic carbocycles. The molecule has 3 rings (SSSR count). The second kappa shape index (κ2) is 6.42. The zero-order valence-corrected chi connectivity index (χ0v) is 13.1.